The molecule has 0 N–H and O–H groups in total. The number of amides is 1. The molecule has 1 saturated heterocycles. The summed E-state index contributed by atoms with van der Waals surface area (Å²) in [5, 5.41) is 4.25. The van der Waals surface area contributed by atoms with E-state index in [4.69, 9.17) is 4.98 Å². The first kappa shape index (κ1) is 20.1. The summed E-state index contributed by atoms with van der Waals surface area (Å²) in [4.78, 5) is 23.8. The van der Waals surface area contributed by atoms with Gasteiger partial charge in [0.1, 0.15) is 5.82 Å². The van der Waals surface area contributed by atoms with Crippen molar-refractivity contribution >= 4 is 18.3 Å². The molecule has 1 aliphatic carbocycles. The summed E-state index contributed by atoms with van der Waals surface area (Å²) < 4.78 is 4.16. The van der Waals surface area contributed by atoms with E-state index in [-0.39, 0.29) is 5.92 Å². The van der Waals surface area contributed by atoms with Crippen LogP contribution in [0.3, 0.4) is 0 Å². The Morgan fingerprint density at radius 2 is 1.90 bits per heavy atom. The van der Waals surface area contributed by atoms with Gasteiger partial charge >= 0.3 is 0 Å². The van der Waals surface area contributed by atoms with Crippen LogP contribution in [0.2, 0.25) is 0 Å². The Morgan fingerprint density at radius 1 is 1.16 bits per heavy atom. The molecule has 0 aromatic carbocycles. The van der Waals surface area contributed by atoms with Gasteiger partial charge in [0.15, 0.2) is 0 Å². The monoisotopic (exact) mass is 421 g/mol. The molecular formula is C23H31N7O. The molecule has 31 heavy (non-hydrogen) atoms. The summed E-state index contributed by atoms with van der Waals surface area (Å²) >= 11 is 0. The van der Waals surface area contributed by atoms with Crippen molar-refractivity contribution in [2.24, 2.45) is 11.0 Å². The van der Waals surface area contributed by atoms with Crippen LogP contribution < -0.4 is 0 Å². The van der Waals surface area contributed by atoms with Crippen molar-refractivity contribution in [3.05, 3.63) is 35.9 Å². The van der Waals surface area contributed by atoms with Crippen LogP contribution in [-0.4, -0.2) is 81.3 Å². The van der Waals surface area contributed by atoms with Crippen LogP contribution in [0.4, 0.5) is 0 Å². The highest BCUT2D eigenvalue weighted by atomic mass is 16.2. The molecule has 2 aliphatic heterocycles. The standard InChI is InChI=1S/C23H31N7O/c1-4-20(27-8-10-28(11-9-27)23(31)17-5-6-17)21-13-18(15-30(21)24-2)22-25-14-19-16-26(3)7-12-29(19)22/h4,13-15,17H,2,5-12,16H2,1,3H3/b20-4+. The van der Waals surface area contributed by atoms with Crippen molar-refractivity contribution in [1.29, 1.82) is 0 Å². The van der Waals surface area contributed by atoms with Gasteiger partial charge in [-0.1, -0.05) is 6.08 Å². The topological polar surface area (TPSA) is 61.9 Å². The largest absolute Gasteiger partial charge is 0.367 e. The van der Waals surface area contributed by atoms with Gasteiger partial charge in [-0.15, -0.1) is 0 Å². The molecule has 8 nitrogen and oxygen atoms in total. The van der Waals surface area contributed by atoms with Gasteiger partial charge in [0.05, 0.1) is 23.3 Å². The summed E-state index contributed by atoms with van der Waals surface area (Å²) in [7, 11) is 2.14. The number of allylic oxidation sites excluding steroid dienone is 1. The molecule has 0 radical (unpaired) electrons. The second-order valence-corrected chi connectivity index (χ2v) is 8.82. The van der Waals surface area contributed by atoms with E-state index in [0.29, 0.717) is 5.91 Å². The molecule has 2 aromatic heterocycles. The molecule has 0 unspecified atom stereocenters. The lowest BCUT2D eigenvalue weighted by Gasteiger charge is -2.37. The van der Waals surface area contributed by atoms with Gasteiger partial charge in [0.25, 0.3) is 0 Å². The third-order valence-electron chi connectivity index (χ3n) is 6.68. The Balaban J connectivity index is 1.38. The van der Waals surface area contributed by atoms with Gasteiger partial charge in [-0.3, -0.25) is 9.69 Å². The highest BCUT2D eigenvalue weighted by Gasteiger charge is 2.35. The van der Waals surface area contributed by atoms with Crippen LogP contribution in [0.15, 0.2) is 29.6 Å². The minimum Gasteiger partial charge on any atom is -0.367 e. The third kappa shape index (κ3) is 3.69. The second-order valence-electron chi connectivity index (χ2n) is 8.82. The van der Waals surface area contributed by atoms with Gasteiger partial charge in [-0.2, -0.15) is 5.10 Å². The summed E-state index contributed by atoms with van der Waals surface area (Å²) in [5.41, 5.74) is 4.44. The van der Waals surface area contributed by atoms with E-state index in [1.807, 2.05) is 22.0 Å². The molecule has 4 heterocycles. The lowest BCUT2D eigenvalue weighted by atomic mass is 10.2. The molecule has 164 valence electrons. The summed E-state index contributed by atoms with van der Waals surface area (Å²) in [6.07, 6.45) is 8.26. The zero-order valence-electron chi connectivity index (χ0n) is 18.5. The highest BCUT2D eigenvalue weighted by Crippen LogP contribution is 2.33. The van der Waals surface area contributed by atoms with E-state index in [9.17, 15) is 4.79 Å². The molecule has 0 spiro atoms. The average molecular weight is 422 g/mol. The number of rotatable bonds is 5. The first-order chi connectivity index (χ1) is 15.1. The van der Waals surface area contributed by atoms with Crippen molar-refractivity contribution in [2.75, 3.05) is 39.8 Å². The molecule has 5 rings (SSSR count). The SMILES string of the molecule is C=Nn1cc(-c2ncc3n2CCN(C)C3)cc1/C(=C\C)N1CCN(C(=O)C2CC2)CC1. The molecule has 1 amide bonds. The fraction of sp³-hybridized carbons (Fsp3) is 0.522. The fourth-order valence-electron chi connectivity index (χ4n) is 4.77. The number of piperazine rings is 1. The number of hydrogen-bond donors (Lipinski definition) is 0. The molecule has 3 aliphatic rings. The summed E-state index contributed by atoms with van der Waals surface area (Å²) in [6.45, 7) is 12.0. The number of likely N-dealkylation sites (N-methyl/N-ethyl adjacent to an activating group) is 1. The van der Waals surface area contributed by atoms with E-state index in [1.54, 1.807) is 0 Å². The van der Waals surface area contributed by atoms with Crippen molar-refractivity contribution in [3.8, 4) is 11.4 Å². The van der Waals surface area contributed by atoms with Crippen LogP contribution in [0.1, 0.15) is 31.2 Å². The predicted molar refractivity (Wildman–Crippen MR) is 121 cm³/mol. The number of fused-ring (bicyclic) bond motifs is 1. The Bertz CT molecular complexity index is 1020. The molecule has 1 saturated carbocycles. The predicted octanol–water partition coefficient (Wildman–Crippen LogP) is 2.18. The number of nitrogens with zero attached hydrogens (tertiary/aromatic N) is 7. The van der Waals surface area contributed by atoms with Crippen LogP contribution >= 0.6 is 0 Å². The molecule has 8 heteroatoms. The zero-order valence-corrected chi connectivity index (χ0v) is 18.5. The van der Waals surface area contributed by atoms with E-state index >= 15 is 0 Å². The molecule has 2 fully saturated rings. The maximum Gasteiger partial charge on any atom is 0.225 e. The minimum atomic E-state index is 0.290. The lowest BCUT2D eigenvalue weighted by Crippen LogP contribution is -2.48. The van der Waals surface area contributed by atoms with Gasteiger partial charge in [-0.25, -0.2) is 9.66 Å². The van der Waals surface area contributed by atoms with E-state index in [2.05, 4.69) is 52.3 Å². The second kappa shape index (κ2) is 8.00. The number of imidazole rings is 1. The summed E-state index contributed by atoms with van der Waals surface area (Å²) in [6, 6.07) is 2.17. The lowest BCUT2D eigenvalue weighted by molar-refractivity contribution is -0.133. The number of aromatic nitrogens is 3. The normalized spacial score (nSPS) is 20.1. The Kier molecular flexibility index (Phi) is 5.17. The fourth-order valence-corrected chi connectivity index (χ4v) is 4.77. The van der Waals surface area contributed by atoms with Crippen LogP contribution in [0.5, 0.6) is 0 Å². The molecule has 0 atom stereocenters. The molecule has 0 bridgehead atoms. The zero-order chi connectivity index (χ0) is 21.5. The summed E-state index contributed by atoms with van der Waals surface area (Å²) in [5.74, 6) is 1.62. The quantitative estimate of drug-likeness (QED) is 0.695. The van der Waals surface area contributed by atoms with Crippen molar-refractivity contribution < 1.29 is 4.79 Å². The minimum absolute atomic E-state index is 0.290. The van der Waals surface area contributed by atoms with Gasteiger partial charge in [0.2, 0.25) is 5.91 Å². The number of carbonyl (C=O) groups excluding carboxylic acids is 1. The van der Waals surface area contributed by atoms with E-state index < -0.39 is 0 Å². The Morgan fingerprint density at radius 3 is 2.58 bits per heavy atom. The Hall–Kier alpha value is -2.87. The van der Waals surface area contributed by atoms with Crippen LogP contribution in [0, 0.1) is 5.92 Å². The molecular weight excluding hydrogens is 390 g/mol. The van der Waals surface area contributed by atoms with Crippen LogP contribution in [-0.2, 0) is 17.9 Å². The maximum atomic E-state index is 12.4. The van der Waals surface area contributed by atoms with Crippen molar-refractivity contribution in [3.63, 3.8) is 0 Å². The van der Waals surface area contributed by atoms with Gasteiger partial charge < -0.3 is 14.4 Å². The van der Waals surface area contributed by atoms with Gasteiger partial charge in [-0.05, 0) is 32.9 Å². The van der Waals surface area contributed by atoms with E-state index in [0.717, 1.165) is 81.4 Å². The molecule has 2 aromatic rings. The average Bonchev–Trinajstić information content (AvgIpc) is 3.43. The number of carbonyl (C=O) groups is 1. The van der Waals surface area contributed by atoms with Crippen molar-refractivity contribution in [2.45, 2.75) is 32.9 Å². The smallest absolute Gasteiger partial charge is 0.225 e. The van der Waals surface area contributed by atoms with Gasteiger partial charge in [0, 0.05) is 70.2 Å². The first-order valence-electron chi connectivity index (χ1n) is 11.2. The first-order valence-corrected chi connectivity index (χ1v) is 11.2. The maximum absolute atomic E-state index is 12.4. The van der Waals surface area contributed by atoms with E-state index in [1.165, 1.54) is 5.69 Å². The third-order valence-corrected chi connectivity index (χ3v) is 6.68. The Labute approximate surface area is 183 Å². The highest BCUT2D eigenvalue weighted by molar-refractivity contribution is 5.81. The number of hydrogen-bond acceptors (Lipinski definition) is 5. The van der Waals surface area contributed by atoms with Crippen molar-refractivity contribution in [1.82, 2.24) is 28.9 Å². The van der Waals surface area contributed by atoms with Crippen LogP contribution in [0.25, 0.3) is 17.1 Å².